The molecule has 0 N–H and O–H groups in total. The van der Waals surface area contributed by atoms with Crippen molar-refractivity contribution in [2.75, 3.05) is 0 Å². The topological polar surface area (TPSA) is 27.7 Å². The number of hydrogen-bond donors (Lipinski definition) is 1. The van der Waals surface area contributed by atoms with Crippen molar-refractivity contribution in [1.82, 2.24) is 0 Å². The van der Waals surface area contributed by atoms with E-state index in [2.05, 4.69) is 81.9 Å². The van der Waals surface area contributed by atoms with Gasteiger partial charge in [-0.15, -0.1) is 12.6 Å². The second-order valence-electron chi connectivity index (χ2n) is 7.24. The number of benzene rings is 2. The van der Waals surface area contributed by atoms with Crippen molar-refractivity contribution in [1.29, 1.82) is 0 Å². The van der Waals surface area contributed by atoms with Crippen LogP contribution in [0.5, 0.6) is 0 Å². The maximum absolute atomic E-state index is 6.38. The summed E-state index contributed by atoms with van der Waals surface area (Å²) in [6, 6.07) is 20.7. The fraction of sp³-hybridized carbons (Fsp3) is 0.500. The minimum atomic E-state index is -0.755. The van der Waals surface area contributed by atoms with E-state index in [0.29, 0.717) is 0 Å². The van der Waals surface area contributed by atoms with Gasteiger partial charge in [0.05, 0.1) is 16.3 Å². The summed E-state index contributed by atoms with van der Waals surface area (Å²) in [6.45, 7) is 6.46. The van der Waals surface area contributed by atoms with Crippen molar-refractivity contribution in [3.63, 3.8) is 0 Å². The van der Waals surface area contributed by atoms with Gasteiger partial charge in [-0.2, -0.15) is 0 Å². The summed E-state index contributed by atoms with van der Waals surface area (Å²) in [5, 5.41) is 0. The van der Waals surface area contributed by atoms with Gasteiger partial charge in [-0.25, -0.2) is 0 Å². The zero-order valence-electron chi connectivity index (χ0n) is 18.8. The first-order chi connectivity index (χ1) is 15.1. The zero-order chi connectivity index (χ0) is 22.3. The first-order valence-corrected chi connectivity index (χ1v) is 13.5. The SMILES string of the molecule is CCCC(S)OB(OC(CCC)Sc1ccccc1)OC(CCC)Sc1ccccc1. The van der Waals surface area contributed by atoms with Crippen molar-refractivity contribution in [2.24, 2.45) is 0 Å². The van der Waals surface area contributed by atoms with E-state index in [-0.39, 0.29) is 16.3 Å². The molecule has 2 rings (SSSR count). The smallest absolute Gasteiger partial charge is 0.374 e. The summed E-state index contributed by atoms with van der Waals surface area (Å²) in [4.78, 5) is 2.36. The molecule has 2 aromatic rings. The van der Waals surface area contributed by atoms with Gasteiger partial charge in [-0.05, 0) is 43.5 Å². The number of thioether (sulfide) groups is 2. The molecule has 0 heterocycles. The molecule has 3 nitrogen and oxygen atoms in total. The molecular weight excluding hydrogens is 443 g/mol. The second kappa shape index (κ2) is 16.1. The van der Waals surface area contributed by atoms with Crippen LogP contribution in [0.1, 0.15) is 59.3 Å². The van der Waals surface area contributed by atoms with E-state index < -0.39 is 7.32 Å². The fourth-order valence-electron chi connectivity index (χ4n) is 2.87. The van der Waals surface area contributed by atoms with Crippen LogP contribution in [0.15, 0.2) is 70.5 Å². The average molecular weight is 479 g/mol. The molecule has 0 amide bonds. The molecule has 31 heavy (non-hydrogen) atoms. The molecular formula is C24H35BO3S3. The summed E-state index contributed by atoms with van der Waals surface area (Å²) in [5.41, 5.74) is -0.324. The Morgan fingerprint density at radius 2 is 1.10 bits per heavy atom. The fourth-order valence-corrected chi connectivity index (χ4v) is 5.46. The lowest BCUT2D eigenvalue weighted by atomic mass is 10.2. The van der Waals surface area contributed by atoms with Gasteiger partial charge in [-0.1, -0.05) is 100.0 Å². The third-order valence-electron chi connectivity index (χ3n) is 4.40. The van der Waals surface area contributed by atoms with Crippen molar-refractivity contribution < 1.29 is 14.0 Å². The molecule has 170 valence electrons. The van der Waals surface area contributed by atoms with E-state index in [1.165, 1.54) is 9.79 Å². The molecule has 0 spiro atoms. The monoisotopic (exact) mass is 478 g/mol. The number of rotatable bonds is 16. The van der Waals surface area contributed by atoms with Gasteiger partial charge >= 0.3 is 7.32 Å². The van der Waals surface area contributed by atoms with Crippen LogP contribution in [0.4, 0.5) is 0 Å². The Balaban J connectivity index is 2.10. The lowest BCUT2D eigenvalue weighted by molar-refractivity contribution is 0.0635. The molecule has 0 saturated heterocycles. The zero-order valence-corrected chi connectivity index (χ0v) is 21.3. The van der Waals surface area contributed by atoms with Gasteiger partial charge in [0.15, 0.2) is 0 Å². The average Bonchev–Trinajstić information content (AvgIpc) is 2.75. The highest BCUT2D eigenvalue weighted by atomic mass is 32.2. The molecule has 7 heteroatoms. The van der Waals surface area contributed by atoms with E-state index >= 15 is 0 Å². The number of thiol groups is 1. The molecule has 0 bridgehead atoms. The van der Waals surface area contributed by atoms with E-state index in [0.717, 1.165) is 38.5 Å². The number of hydrogen-bond acceptors (Lipinski definition) is 6. The minimum Gasteiger partial charge on any atom is -0.374 e. The predicted octanol–water partition coefficient (Wildman–Crippen LogP) is 7.91. The Hall–Kier alpha value is -0.565. The summed E-state index contributed by atoms with van der Waals surface area (Å²) in [7, 11) is -0.755. The molecule has 2 aromatic carbocycles. The molecule has 0 aliphatic rings. The van der Waals surface area contributed by atoms with Crippen LogP contribution in [0.2, 0.25) is 0 Å². The summed E-state index contributed by atoms with van der Waals surface area (Å²) < 4.78 is 18.9. The van der Waals surface area contributed by atoms with Crippen molar-refractivity contribution in [2.45, 2.75) is 85.4 Å². The van der Waals surface area contributed by atoms with Gasteiger partial charge in [0.25, 0.3) is 0 Å². The van der Waals surface area contributed by atoms with Crippen LogP contribution in [0.25, 0.3) is 0 Å². The highest BCUT2D eigenvalue weighted by Crippen LogP contribution is 2.31. The molecule has 0 aliphatic heterocycles. The molecule has 3 unspecified atom stereocenters. The quantitative estimate of drug-likeness (QED) is 0.115. The van der Waals surface area contributed by atoms with Crippen LogP contribution in [0.3, 0.4) is 0 Å². The highest BCUT2D eigenvalue weighted by Gasteiger charge is 2.32. The third-order valence-corrected chi connectivity index (χ3v) is 7.09. The third kappa shape index (κ3) is 11.2. The molecule has 0 aromatic heterocycles. The van der Waals surface area contributed by atoms with Crippen LogP contribution in [-0.2, 0) is 14.0 Å². The van der Waals surface area contributed by atoms with E-state index in [1.54, 1.807) is 23.5 Å². The maximum atomic E-state index is 6.38. The molecule has 0 saturated carbocycles. The Morgan fingerprint density at radius 1 is 0.677 bits per heavy atom. The second-order valence-corrected chi connectivity index (χ2v) is 10.3. The van der Waals surface area contributed by atoms with Crippen molar-refractivity contribution >= 4 is 43.5 Å². The standard InChI is InChI=1S/C24H35BO3S3/c1-4-13-22(29)26-25(27-23(14-5-2)30-20-16-9-7-10-17-20)28-24(15-6-3)31-21-18-11-8-12-19-21/h7-12,16-19,22-24,29H,4-6,13-15H2,1-3H3. The minimum absolute atomic E-state index is 0.0523. The Bertz CT molecular complexity index is 639. The van der Waals surface area contributed by atoms with Gasteiger partial charge in [0.2, 0.25) is 0 Å². The van der Waals surface area contributed by atoms with Gasteiger partial charge < -0.3 is 14.0 Å². The Labute approximate surface area is 203 Å². The summed E-state index contributed by atoms with van der Waals surface area (Å²) >= 11 is 8.03. The van der Waals surface area contributed by atoms with Crippen LogP contribution in [0, 0.1) is 0 Å². The van der Waals surface area contributed by atoms with E-state index in [4.69, 9.17) is 14.0 Å². The van der Waals surface area contributed by atoms with Gasteiger partial charge in [0.1, 0.15) is 0 Å². The normalized spacial score (nSPS) is 14.2. The summed E-state index contributed by atoms with van der Waals surface area (Å²) in [5.74, 6) is 0. The van der Waals surface area contributed by atoms with E-state index in [1.807, 2.05) is 12.1 Å². The maximum Gasteiger partial charge on any atom is 0.641 e. The van der Waals surface area contributed by atoms with Crippen molar-refractivity contribution in [3.8, 4) is 0 Å². The molecule has 3 atom stereocenters. The van der Waals surface area contributed by atoms with E-state index in [9.17, 15) is 0 Å². The lowest BCUT2D eigenvalue weighted by Gasteiger charge is -2.27. The Morgan fingerprint density at radius 3 is 1.48 bits per heavy atom. The molecule has 0 fully saturated rings. The van der Waals surface area contributed by atoms with Crippen LogP contribution >= 0.6 is 36.2 Å². The van der Waals surface area contributed by atoms with Crippen molar-refractivity contribution in [3.05, 3.63) is 60.7 Å². The predicted molar refractivity (Wildman–Crippen MR) is 139 cm³/mol. The largest absolute Gasteiger partial charge is 0.641 e. The Kier molecular flexibility index (Phi) is 13.9. The van der Waals surface area contributed by atoms with Gasteiger partial charge in [0, 0.05) is 9.79 Å². The highest BCUT2D eigenvalue weighted by molar-refractivity contribution is 8.00. The lowest BCUT2D eigenvalue weighted by Crippen LogP contribution is -2.36. The first-order valence-electron chi connectivity index (χ1n) is 11.2. The first kappa shape index (κ1) is 26.7. The van der Waals surface area contributed by atoms with Gasteiger partial charge in [-0.3, -0.25) is 0 Å². The van der Waals surface area contributed by atoms with Crippen LogP contribution in [-0.4, -0.2) is 23.6 Å². The van der Waals surface area contributed by atoms with Crippen LogP contribution < -0.4 is 0 Å². The molecule has 0 radical (unpaired) electrons. The summed E-state index contributed by atoms with van der Waals surface area (Å²) in [6.07, 6.45) is 5.72. The molecule has 0 aliphatic carbocycles.